The van der Waals surface area contributed by atoms with E-state index in [0.717, 1.165) is 31.7 Å². The highest BCUT2D eigenvalue weighted by atomic mass is 35.5. The van der Waals surface area contributed by atoms with Crippen molar-refractivity contribution in [2.45, 2.75) is 37.9 Å². The SMILES string of the molecule is Cl.N[C@@H](c1cc(C(F)(F)F)cc(Cl)c1F)C1CCCC1. The highest BCUT2D eigenvalue weighted by Gasteiger charge is 2.34. The second-order valence-electron chi connectivity index (χ2n) is 4.93. The van der Waals surface area contributed by atoms with Crippen LogP contribution in [0.4, 0.5) is 17.6 Å². The van der Waals surface area contributed by atoms with Crippen LogP contribution in [0.1, 0.15) is 42.9 Å². The topological polar surface area (TPSA) is 26.0 Å². The van der Waals surface area contributed by atoms with Crippen LogP contribution in [0.5, 0.6) is 0 Å². The fraction of sp³-hybridized carbons (Fsp3) is 0.538. The van der Waals surface area contributed by atoms with Crippen LogP contribution in [0.25, 0.3) is 0 Å². The first-order valence-corrected chi connectivity index (χ1v) is 6.50. The van der Waals surface area contributed by atoms with Crippen LogP contribution in [0, 0.1) is 11.7 Å². The normalized spacial score (nSPS) is 17.9. The van der Waals surface area contributed by atoms with Crippen LogP contribution in [0.2, 0.25) is 5.02 Å². The van der Waals surface area contributed by atoms with Crippen molar-refractivity contribution in [2.75, 3.05) is 0 Å². The van der Waals surface area contributed by atoms with Gasteiger partial charge in [0.2, 0.25) is 0 Å². The molecule has 0 amide bonds. The standard InChI is InChI=1S/C13H14ClF4N.ClH/c14-10-6-8(13(16,17)18)5-9(11(10)15)12(19)7-3-1-2-4-7;/h5-7,12H,1-4,19H2;1H/t12-;/m1./s1. The summed E-state index contributed by atoms with van der Waals surface area (Å²) in [5.41, 5.74) is 4.83. The maximum Gasteiger partial charge on any atom is 0.416 e. The first kappa shape index (κ1) is 17.5. The minimum Gasteiger partial charge on any atom is -0.324 e. The zero-order chi connectivity index (χ0) is 14.2. The van der Waals surface area contributed by atoms with Crippen LogP contribution < -0.4 is 5.73 Å². The van der Waals surface area contributed by atoms with Crippen molar-refractivity contribution in [1.82, 2.24) is 0 Å². The fourth-order valence-corrected chi connectivity index (χ4v) is 2.81. The molecule has 1 aliphatic carbocycles. The minimum absolute atomic E-state index is 0. The zero-order valence-electron chi connectivity index (χ0n) is 10.5. The van der Waals surface area contributed by atoms with Crippen LogP contribution >= 0.6 is 24.0 Å². The number of hydrogen-bond acceptors (Lipinski definition) is 1. The van der Waals surface area contributed by atoms with Crippen molar-refractivity contribution in [3.8, 4) is 0 Å². The summed E-state index contributed by atoms with van der Waals surface area (Å²) in [7, 11) is 0. The summed E-state index contributed by atoms with van der Waals surface area (Å²) in [4.78, 5) is 0. The molecule has 1 saturated carbocycles. The Morgan fingerprint density at radius 3 is 2.25 bits per heavy atom. The first-order valence-electron chi connectivity index (χ1n) is 6.12. The largest absolute Gasteiger partial charge is 0.416 e. The average Bonchev–Trinajstić information content (AvgIpc) is 2.83. The van der Waals surface area contributed by atoms with E-state index < -0.39 is 28.6 Å². The summed E-state index contributed by atoms with van der Waals surface area (Å²) < 4.78 is 52.0. The molecule has 0 aliphatic heterocycles. The van der Waals surface area contributed by atoms with Gasteiger partial charge in [-0.1, -0.05) is 24.4 Å². The van der Waals surface area contributed by atoms with Gasteiger partial charge in [0.15, 0.2) is 0 Å². The van der Waals surface area contributed by atoms with Crippen molar-refractivity contribution in [1.29, 1.82) is 0 Å². The van der Waals surface area contributed by atoms with Gasteiger partial charge in [0.1, 0.15) is 5.82 Å². The third kappa shape index (κ3) is 3.57. The van der Waals surface area contributed by atoms with E-state index in [0.29, 0.717) is 6.07 Å². The molecule has 0 bridgehead atoms. The predicted octanol–water partition coefficient (Wildman–Crippen LogP) is 5.11. The Bertz CT molecular complexity index is 470. The van der Waals surface area contributed by atoms with Gasteiger partial charge >= 0.3 is 6.18 Å². The zero-order valence-corrected chi connectivity index (χ0v) is 12.1. The van der Waals surface area contributed by atoms with Gasteiger partial charge in [0.05, 0.1) is 10.6 Å². The van der Waals surface area contributed by atoms with Crippen LogP contribution in [0.3, 0.4) is 0 Å². The quantitative estimate of drug-likeness (QED) is 0.749. The molecular weight excluding hydrogens is 317 g/mol. The number of hydrogen-bond donors (Lipinski definition) is 1. The summed E-state index contributed by atoms with van der Waals surface area (Å²) in [6.45, 7) is 0. The van der Waals surface area contributed by atoms with Gasteiger partial charge in [-0.15, -0.1) is 12.4 Å². The monoisotopic (exact) mass is 331 g/mol. The Labute approximate surface area is 125 Å². The van der Waals surface area contributed by atoms with E-state index in [-0.39, 0.29) is 23.9 Å². The van der Waals surface area contributed by atoms with E-state index in [4.69, 9.17) is 17.3 Å². The summed E-state index contributed by atoms with van der Waals surface area (Å²) in [5, 5.41) is -0.529. The summed E-state index contributed by atoms with van der Waals surface area (Å²) in [6, 6.07) is 0.647. The molecule has 7 heteroatoms. The molecule has 1 aromatic carbocycles. The second kappa shape index (κ2) is 6.50. The lowest BCUT2D eigenvalue weighted by Crippen LogP contribution is -2.21. The van der Waals surface area contributed by atoms with E-state index in [9.17, 15) is 17.6 Å². The average molecular weight is 332 g/mol. The number of benzene rings is 1. The molecule has 20 heavy (non-hydrogen) atoms. The molecule has 2 rings (SSSR count). The lowest BCUT2D eigenvalue weighted by atomic mass is 9.91. The Hall–Kier alpha value is -0.520. The van der Waals surface area contributed by atoms with Crippen molar-refractivity contribution in [3.63, 3.8) is 0 Å². The molecule has 0 radical (unpaired) electrons. The fourth-order valence-electron chi connectivity index (χ4n) is 2.59. The van der Waals surface area contributed by atoms with Crippen LogP contribution in [0.15, 0.2) is 12.1 Å². The Balaban J connectivity index is 0.00000200. The van der Waals surface area contributed by atoms with E-state index in [1.807, 2.05) is 0 Å². The van der Waals surface area contributed by atoms with Crippen molar-refractivity contribution in [2.24, 2.45) is 11.7 Å². The van der Waals surface area contributed by atoms with Gasteiger partial charge in [-0.05, 0) is 30.9 Å². The third-order valence-corrected chi connectivity index (χ3v) is 3.93. The number of alkyl halides is 3. The Morgan fingerprint density at radius 1 is 1.20 bits per heavy atom. The number of nitrogens with two attached hydrogens (primary N) is 1. The van der Waals surface area contributed by atoms with Gasteiger partial charge in [-0.3, -0.25) is 0 Å². The molecule has 0 saturated heterocycles. The smallest absolute Gasteiger partial charge is 0.324 e. The molecule has 1 aromatic rings. The maximum atomic E-state index is 13.9. The van der Waals surface area contributed by atoms with Crippen molar-refractivity contribution in [3.05, 3.63) is 34.1 Å². The molecule has 114 valence electrons. The van der Waals surface area contributed by atoms with E-state index in [2.05, 4.69) is 0 Å². The van der Waals surface area contributed by atoms with Crippen molar-refractivity contribution < 1.29 is 17.6 Å². The molecular formula is C13H15Cl2F4N. The van der Waals surface area contributed by atoms with E-state index in [1.54, 1.807) is 0 Å². The second-order valence-corrected chi connectivity index (χ2v) is 5.34. The molecule has 1 aliphatic rings. The summed E-state index contributed by atoms with van der Waals surface area (Å²) in [5.74, 6) is -0.817. The lowest BCUT2D eigenvalue weighted by molar-refractivity contribution is -0.137. The highest BCUT2D eigenvalue weighted by molar-refractivity contribution is 6.30. The van der Waals surface area contributed by atoms with Crippen LogP contribution in [-0.4, -0.2) is 0 Å². The third-order valence-electron chi connectivity index (χ3n) is 3.65. The first-order chi connectivity index (χ1) is 8.80. The van der Waals surface area contributed by atoms with Crippen LogP contribution in [-0.2, 0) is 6.18 Å². The lowest BCUT2D eigenvalue weighted by Gasteiger charge is -2.21. The van der Waals surface area contributed by atoms with Gasteiger partial charge in [0, 0.05) is 11.6 Å². The Morgan fingerprint density at radius 2 is 1.75 bits per heavy atom. The summed E-state index contributed by atoms with van der Waals surface area (Å²) in [6.07, 6.45) is -0.968. The van der Waals surface area contributed by atoms with Gasteiger partial charge in [-0.25, -0.2) is 4.39 Å². The summed E-state index contributed by atoms with van der Waals surface area (Å²) >= 11 is 5.55. The van der Waals surface area contributed by atoms with Gasteiger partial charge in [-0.2, -0.15) is 13.2 Å². The van der Waals surface area contributed by atoms with Crippen molar-refractivity contribution >= 4 is 24.0 Å². The molecule has 0 heterocycles. The molecule has 1 atom stereocenters. The van der Waals surface area contributed by atoms with E-state index in [1.165, 1.54) is 0 Å². The molecule has 0 unspecified atom stereocenters. The maximum absolute atomic E-state index is 13.9. The molecule has 0 spiro atoms. The van der Waals surface area contributed by atoms with E-state index >= 15 is 0 Å². The highest BCUT2D eigenvalue weighted by Crippen LogP contribution is 2.39. The van der Waals surface area contributed by atoms with Gasteiger partial charge < -0.3 is 5.73 Å². The molecule has 1 fully saturated rings. The molecule has 1 nitrogen and oxygen atoms in total. The molecule has 0 aromatic heterocycles. The van der Waals surface area contributed by atoms with Gasteiger partial charge in [0.25, 0.3) is 0 Å². The minimum atomic E-state index is -4.55. The Kier molecular flexibility index (Phi) is 5.70. The number of rotatable bonds is 2. The number of halogens is 6. The predicted molar refractivity (Wildman–Crippen MR) is 72.5 cm³/mol. The molecule has 2 N–H and O–H groups in total.